The van der Waals surface area contributed by atoms with Crippen molar-refractivity contribution >= 4 is 23.9 Å². The molecule has 1 aromatic rings. The normalized spacial score (nSPS) is 29.5. The van der Waals surface area contributed by atoms with E-state index in [1.807, 2.05) is 12.1 Å². The summed E-state index contributed by atoms with van der Waals surface area (Å²) >= 11 is 0. The minimum atomic E-state index is -1.69. The Morgan fingerprint density at radius 1 is 1.21 bits per heavy atom. The minimum absolute atomic E-state index is 0.0158. The summed E-state index contributed by atoms with van der Waals surface area (Å²) < 4.78 is 27.4. The van der Waals surface area contributed by atoms with Crippen LogP contribution in [-0.2, 0) is 45.2 Å². The summed E-state index contributed by atoms with van der Waals surface area (Å²) in [5.41, 5.74) is 0.0533. The quantitative estimate of drug-likeness (QED) is 0.374. The van der Waals surface area contributed by atoms with E-state index < -0.39 is 59.6 Å². The molecule has 1 spiro atoms. The smallest absolute Gasteiger partial charge is 0.348 e. The molecule has 4 aliphatic rings. The van der Waals surface area contributed by atoms with Crippen LogP contribution in [0.2, 0.25) is 0 Å². The van der Waals surface area contributed by atoms with Crippen molar-refractivity contribution in [3.63, 3.8) is 0 Å². The second-order valence-corrected chi connectivity index (χ2v) is 10.3. The van der Waals surface area contributed by atoms with Crippen molar-refractivity contribution in [3.05, 3.63) is 35.1 Å². The topological polar surface area (TPSA) is 155 Å². The first-order valence-electron chi connectivity index (χ1n) is 12.6. The standard InChI is InChI=1S/C27H30O11/c1-13(24(30)31)35-25(32)19(36-14(2)28)12-20(29)37-18-8-10-27(33)16-5-4-9-26(27)21-15(11-16)6-7-17(34-3)22(21)38-23(18)26/h6-8,13,16,19,23,33H,4-5,9-12H2,1-3H3,(H,30,31)/t13-,16-,19-,23+,26+,27-/m0/s1. The average molecular weight is 531 g/mol. The van der Waals surface area contributed by atoms with E-state index in [4.69, 9.17) is 28.8 Å². The van der Waals surface area contributed by atoms with Gasteiger partial charge < -0.3 is 33.9 Å². The highest BCUT2D eigenvalue weighted by atomic mass is 16.6. The highest BCUT2D eigenvalue weighted by Crippen LogP contribution is 2.67. The number of carbonyl (C=O) groups excluding carboxylic acids is 3. The fourth-order valence-electron chi connectivity index (χ4n) is 6.68. The molecule has 5 rings (SSSR count). The lowest BCUT2D eigenvalue weighted by atomic mass is 9.47. The van der Waals surface area contributed by atoms with E-state index in [1.54, 1.807) is 6.08 Å². The Bertz CT molecular complexity index is 1240. The largest absolute Gasteiger partial charge is 0.493 e. The van der Waals surface area contributed by atoms with Crippen LogP contribution in [0.3, 0.4) is 0 Å². The van der Waals surface area contributed by atoms with Crippen LogP contribution in [-0.4, -0.2) is 65.1 Å². The number of esters is 3. The number of carbonyl (C=O) groups is 4. The molecule has 1 fully saturated rings. The molecule has 0 unspecified atom stereocenters. The molecule has 11 heteroatoms. The van der Waals surface area contributed by atoms with Crippen molar-refractivity contribution in [3.8, 4) is 11.5 Å². The molecule has 1 aromatic carbocycles. The number of hydrogen-bond donors (Lipinski definition) is 2. The molecular formula is C27H30O11. The Hall–Kier alpha value is -3.60. The molecule has 0 radical (unpaired) electrons. The number of ether oxygens (including phenoxy) is 5. The molecule has 0 amide bonds. The van der Waals surface area contributed by atoms with Crippen LogP contribution in [0, 0.1) is 5.92 Å². The molecule has 1 aliphatic heterocycles. The van der Waals surface area contributed by atoms with Gasteiger partial charge in [0.15, 0.2) is 23.7 Å². The number of benzene rings is 1. The van der Waals surface area contributed by atoms with Gasteiger partial charge >= 0.3 is 23.9 Å². The van der Waals surface area contributed by atoms with Crippen molar-refractivity contribution < 1.29 is 53.1 Å². The molecule has 3 aliphatic carbocycles. The van der Waals surface area contributed by atoms with Gasteiger partial charge in [0.25, 0.3) is 0 Å². The van der Waals surface area contributed by atoms with Gasteiger partial charge in [-0.2, -0.15) is 0 Å². The number of rotatable bonds is 8. The third-order valence-electron chi connectivity index (χ3n) is 8.26. The highest BCUT2D eigenvalue weighted by molar-refractivity contribution is 5.86. The van der Waals surface area contributed by atoms with Gasteiger partial charge in [-0.05, 0) is 56.2 Å². The minimum Gasteiger partial charge on any atom is -0.493 e. The Morgan fingerprint density at radius 2 is 1.97 bits per heavy atom. The molecule has 6 atom stereocenters. The fraction of sp³-hybridized carbons (Fsp3) is 0.556. The second kappa shape index (κ2) is 9.30. The zero-order valence-corrected chi connectivity index (χ0v) is 21.4. The van der Waals surface area contributed by atoms with Gasteiger partial charge in [0.1, 0.15) is 5.76 Å². The van der Waals surface area contributed by atoms with Crippen molar-refractivity contribution in [1.29, 1.82) is 0 Å². The van der Waals surface area contributed by atoms with E-state index in [2.05, 4.69) is 0 Å². The fourth-order valence-corrected chi connectivity index (χ4v) is 6.68. The van der Waals surface area contributed by atoms with Gasteiger partial charge in [-0.15, -0.1) is 0 Å². The lowest BCUT2D eigenvalue weighted by Gasteiger charge is -2.59. The second-order valence-electron chi connectivity index (χ2n) is 10.3. The summed E-state index contributed by atoms with van der Waals surface area (Å²) in [7, 11) is 1.54. The van der Waals surface area contributed by atoms with Crippen molar-refractivity contribution in [2.45, 2.75) is 81.7 Å². The highest BCUT2D eigenvalue weighted by Gasteiger charge is 2.71. The first-order chi connectivity index (χ1) is 18.0. The maximum absolute atomic E-state index is 13.0. The number of aliphatic hydroxyl groups is 1. The van der Waals surface area contributed by atoms with Crippen molar-refractivity contribution in [2.24, 2.45) is 5.92 Å². The van der Waals surface area contributed by atoms with E-state index in [9.17, 15) is 24.3 Å². The Balaban J connectivity index is 1.42. The number of carboxylic acids is 1. The number of carboxylic acid groups (broad SMARTS) is 1. The van der Waals surface area contributed by atoms with Crippen LogP contribution in [0.25, 0.3) is 0 Å². The lowest BCUT2D eigenvalue weighted by Crippen LogP contribution is -2.67. The van der Waals surface area contributed by atoms with Gasteiger partial charge in [0, 0.05) is 12.5 Å². The van der Waals surface area contributed by atoms with Gasteiger partial charge in [-0.1, -0.05) is 12.5 Å². The van der Waals surface area contributed by atoms with Gasteiger partial charge in [-0.25, -0.2) is 9.59 Å². The summed E-state index contributed by atoms with van der Waals surface area (Å²) in [6, 6.07) is 3.84. The number of hydrogen-bond acceptors (Lipinski definition) is 10. The van der Waals surface area contributed by atoms with E-state index in [0.29, 0.717) is 24.3 Å². The third kappa shape index (κ3) is 3.82. The zero-order valence-electron chi connectivity index (χ0n) is 21.4. The molecule has 11 nitrogen and oxygen atoms in total. The van der Waals surface area contributed by atoms with Crippen molar-refractivity contribution in [2.75, 3.05) is 7.11 Å². The summed E-state index contributed by atoms with van der Waals surface area (Å²) in [6.45, 7) is 2.18. The lowest BCUT2D eigenvalue weighted by molar-refractivity contribution is -0.178. The first-order valence-corrected chi connectivity index (χ1v) is 12.6. The molecule has 1 heterocycles. The molecule has 38 heavy (non-hydrogen) atoms. The molecule has 204 valence electrons. The monoisotopic (exact) mass is 530 g/mol. The summed E-state index contributed by atoms with van der Waals surface area (Å²) in [4.78, 5) is 48.0. The maximum Gasteiger partial charge on any atom is 0.348 e. The summed E-state index contributed by atoms with van der Waals surface area (Å²) in [6.07, 6.45) is 0.281. The molecule has 2 bridgehead atoms. The molecular weight excluding hydrogens is 500 g/mol. The van der Waals surface area contributed by atoms with Crippen LogP contribution >= 0.6 is 0 Å². The van der Waals surface area contributed by atoms with Gasteiger partial charge in [0.05, 0.1) is 24.5 Å². The Morgan fingerprint density at radius 3 is 2.66 bits per heavy atom. The average Bonchev–Trinajstić information content (AvgIpc) is 3.20. The van der Waals surface area contributed by atoms with Crippen LogP contribution in [0.15, 0.2) is 24.0 Å². The van der Waals surface area contributed by atoms with E-state index in [0.717, 1.165) is 37.8 Å². The molecule has 2 N–H and O–H groups in total. The van der Waals surface area contributed by atoms with Gasteiger partial charge in [0.2, 0.25) is 6.10 Å². The molecule has 0 saturated heterocycles. The molecule has 1 saturated carbocycles. The third-order valence-corrected chi connectivity index (χ3v) is 8.26. The van der Waals surface area contributed by atoms with Gasteiger partial charge in [-0.3, -0.25) is 9.59 Å². The number of methoxy groups -OCH3 is 1. The molecule has 0 aromatic heterocycles. The Labute approximate surface area is 218 Å². The predicted molar refractivity (Wildman–Crippen MR) is 127 cm³/mol. The van der Waals surface area contributed by atoms with Crippen LogP contribution < -0.4 is 9.47 Å². The van der Waals surface area contributed by atoms with Crippen molar-refractivity contribution in [1.82, 2.24) is 0 Å². The van der Waals surface area contributed by atoms with Crippen LogP contribution in [0.5, 0.6) is 11.5 Å². The number of aliphatic carboxylic acids is 1. The predicted octanol–water partition coefficient (Wildman–Crippen LogP) is 1.95. The SMILES string of the molecule is COc1ccc2c3c1O[C@@H]1C(OC(=O)C[C@H](OC(C)=O)C(=O)O[C@@H](C)C(=O)O)=CC[C@]4(O)[C@@H](CCC[C@@]314)C2. The van der Waals surface area contributed by atoms with E-state index in [1.165, 1.54) is 7.11 Å². The van der Waals surface area contributed by atoms with Crippen LogP contribution in [0.4, 0.5) is 0 Å². The Kier molecular flexibility index (Phi) is 6.37. The van der Waals surface area contributed by atoms with E-state index in [-0.39, 0.29) is 18.1 Å². The maximum atomic E-state index is 13.0. The summed E-state index contributed by atoms with van der Waals surface area (Å²) in [5, 5.41) is 21.1. The first kappa shape index (κ1) is 26.0. The van der Waals surface area contributed by atoms with E-state index >= 15 is 0 Å². The van der Waals surface area contributed by atoms with Crippen LogP contribution in [0.1, 0.15) is 57.1 Å². The zero-order chi connectivity index (χ0) is 27.4. The summed E-state index contributed by atoms with van der Waals surface area (Å²) in [5.74, 6) is -3.07.